The summed E-state index contributed by atoms with van der Waals surface area (Å²) in [5.41, 5.74) is 2.05. The van der Waals surface area contributed by atoms with E-state index in [0.717, 1.165) is 0 Å². The van der Waals surface area contributed by atoms with Crippen LogP contribution in [0.3, 0.4) is 0 Å². The molecule has 1 aromatic heterocycles. The lowest BCUT2D eigenvalue weighted by Crippen LogP contribution is -1.93. The first-order chi connectivity index (χ1) is 10.3. The number of carbonyl (C=O) groups excluding carboxylic acids is 1. The van der Waals surface area contributed by atoms with Gasteiger partial charge < -0.3 is 14.8 Å². The second-order valence-electron chi connectivity index (χ2n) is 4.37. The van der Waals surface area contributed by atoms with Gasteiger partial charge in [0.15, 0.2) is 11.9 Å². The molecule has 2 N–H and O–H groups in total. The minimum Gasteiger partial charge on any atom is -0.506 e. The molecule has 0 radical (unpaired) electrons. The molecule has 0 unspecified atom stereocenters. The number of aromatic hydroxyl groups is 1. The highest BCUT2D eigenvalue weighted by atomic mass is 16.3. The van der Waals surface area contributed by atoms with Gasteiger partial charge in [0.1, 0.15) is 11.3 Å². The third kappa shape index (κ3) is 2.62. The van der Waals surface area contributed by atoms with E-state index in [2.05, 4.69) is 10.3 Å². The molecule has 0 amide bonds. The fourth-order valence-electron chi connectivity index (χ4n) is 1.89. The lowest BCUT2D eigenvalue weighted by atomic mass is 10.3. The minimum atomic E-state index is 0.0940. The van der Waals surface area contributed by atoms with Gasteiger partial charge in [0.05, 0.1) is 11.3 Å². The highest BCUT2D eigenvalue weighted by Gasteiger charge is 2.10. The molecule has 0 aliphatic heterocycles. The molecule has 3 aromatic rings. The SMILES string of the molecule is O=C/C(=C\Nc1ccccc1O)c1nc2ccccc2o1. The van der Waals surface area contributed by atoms with Crippen LogP contribution in [0.15, 0.2) is 59.1 Å². The number of aldehydes is 1. The molecule has 0 saturated carbocycles. The van der Waals surface area contributed by atoms with Gasteiger partial charge in [-0.1, -0.05) is 24.3 Å². The van der Waals surface area contributed by atoms with Crippen molar-refractivity contribution in [1.82, 2.24) is 4.98 Å². The topological polar surface area (TPSA) is 75.4 Å². The summed E-state index contributed by atoms with van der Waals surface area (Å²) in [6, 6.07) is 14.0. The third-order valence-electron chi connectivity index (χ3n) is 2.96. The van der Waals surface area contributed by atoms with Crippen molar-refractivity contribution in [2.24, 2.45) is 0 Å². The number of rotatable bonds is 4. The van der Waals surface area contributed by atoms with Crippen molar-refractivity contribution in [3.05, 3.63) is 60.6 Å². The Bertz CT molecular complexity index is 788. The fraction of sp³-hybridized carbons (Fsp3) is 0. The van der Waals surface area contributed by atoms with Gasteiger partial charge >= 0.3 is 0 Å². The number of benzene rings is 2. The van der Waals surface area contributed by atoms with Gasteiger partial charge in [-0.05, 0) is 24.3 Å². The number of anilines is 1. The molecule has 0 saturated heterocycles. The number of fused-ring (bicyclic) bond motifs is 1. The van der Waals surface area contributed by atoms with Crippen molar-refractivity contribution in [1.29, 1.82) is 0 Å². The zero-order valence-electron chi connectivity index (χ0n) is 11.0. The molecular weight excluding hydrogens is 268 g/mol. The summed E-state index contributed by atoms with van der Waals surface area (Å²) < 4.78 is 5.53. The van der Waals surface area contributed by atoms with E-state index in [-0.39, 0.29) is 17.2 Å². The van der Waals surface area contributed by atoms with Crippen LogP contribution in [-0.4, -0.2) is 16.4 Å². The molecule has 0 bridgehead atoms. The van der Waals surface area contributed by atoms with Crippen LogP contribution in [-0.2, 0) is 4.79 Å². The van der Waals surface area contributed by atoms with Crippen LogP contribution in [0.2, 0.25) is 0 Å². The van der Waals surface area contributed by atoms with Gasteiger partial charge in [0, 0.05) is 6.20 Å². The Balaban J connectivity index is 1.92. The van der Waals surface area contributed by atoms with E-state index >= 15 is 0 Å². The van der Waals surface area contributed by atoms with E-state index in [1.54, 1.807) is 36.4 Å². The zero-order valence-corrected chi connectivity index (χ0v) is 11.0. The average molecular weight is 280 g/mol. The maximum Gasteiger partial charge on any atom is 0.232 e. The second-order valence-corrected chi connectivity index (χ2v) is 4.37. The molecule has 21 heavy (non-hydrogen) atoms. The number of nitrogens with zero attached hydrogens (tertiary/aromatic N) is 1. The summed E-state index contributed by atoms with van der Waals surface area (Å²) in [6.45, 7) is 0. The lowest BCUT2D eigenvalue weighted by molar-refractivity contribution is -0.103. The number of para-hydroxylation sites is 4. The summed E-state index contributed by atoms with van der Waals surface area (Å²) in [5, 5.41) is 12.5. The molecule has 0 aliphatic rings. The van der Waals surface area contributed by atoms with Crippen LogP contribution in [0.5, 0.6) is 5.75 Å². The van der Waals surface area contributed by atoms with E-state index < -0.39 is 0 Å². The van der Waals surface area contributed by atoms with E-state index in [1.165, 1.54) is 6.20 Å². The number of phenols is 1. The van der Waals surface area contributed by atoms with Gasteiger partial charge in [0.2, 0.25) is 5.89 Å². The van der Waals surface area contributed by atoms with Crippen LogP contribution in [0.1, 0.15) is 5.89 Å². The van der Waals surface area contributed by atoms with Gasteiger partial charge in [0.25, 0.3) is 0 Å². The molecule has 104 valence electrons. The van der Waals surface area contributed by atoms with Crippen molar-refractivity contribution < 1.29 is 14.3 Å². The fourth-order valence-corrected chi connectivity index (χ4v) is 1.89. The average Bonchev–Trinajstić information content (AvgIpc) is 2.93. The Morgan fingerprint density at radius 1 is 1.14 bits per heavy atom. The summed E-state index contributed by atoms with van der Waals surface area (Å²) in [5.74, 6) is 0.325. The number of phenolic OH excluding ortho intramolecular Hbond substituents is 1. The maximum atomic E-state index is 11.2. The van der Waals surface area contributed by atoms with Crippen molar-refractivity contribution in [3.63, 3.8) is 0 Å². The van der Waals surface area contributed by atoms with Gasteiger partial charge in [-0.3, -0.25) is 4.79 Å². The Morgan fingerprint density at radius 3 is 2.67 bits per heavy atom. The first-order valence-electron chi connectivity index (χ1n) is 6.34. The number of hydrogen-bond acceptors (Lipinski definition) is 5. The highest BCUT2D eigenvalue weighted by molar-refractivity contribution is 6.06. The van der Waals surface area contributed by atoms with Crippen molar-refractivity contribution in [2.75, 3.05) is 5.32 Å². The van der Waals surface area contributed by atoms with Crippen LogP contribution < -0.4 is 5.32 Å². The number of nitrogens with one attached hydrogen (secondary N) is 1. The molecule has 5 heteroatoms. The van der Waals surface area contributed by atoms with Gasteiger partial charge in [-0.25, -0.2) is 4.98 Å². The Hall–Kier alpha value is -3.08. The number of carbonyl (C=O) groups is 1. The Labute approximate surface area is 120 Å². The smallest absolute Gasteiger partial charge is 0.232 e. The number of hydrogen-bond donors (Lipinski definition) is 2. The maximum absolute atomic E-state index is 11.2. The third-order valence-corrected chi connectivity index (χ3v) is 2.96. The first kappa shape index (κ1) is 12.9. The summed E-state index contributed by atoms with van der Waals surface area (Å²) >= 11 is 0. The minimum absolute atomic E-state index is 0.0940. The highest BCUT2D eigenvalue weighted by Crippen LogP contribution is 2.23. The van der Waals surface area contributed by atoms with Crippen LogP contribution in [0, 0.1) is 0 Å². The Kier molecular flexibility index (Phi) is 3.39. The molecule has 0 atom stereocenters. The van der Waals surface area contributed by atoms with Crippen LogP contribution >= 0.6 is 0 Å². The van der Waals surface area contributed by atoms with E-state index in [4.69, 9.17) is 4.42 Å². The summed E-state index contributed by atoms with van der Waals surface area (Å²) in [6.07, 6.45) is 2.10. The lowest BCUT2D eigenvalue weighted by Gasteiger charge is -2.03. The summed E-state index contributed by atoms with van der Waals surface area (Å²) in [7, 11) is 0. The van der Waals surface area contributed by atoms with E-state index in [9.17, 15) is 9.90 Å². The first-order valence-corrected chi connectivity index (χ1v) is 6.34. The van der Waals surface area contributed by atoms with E-state index in [0.29, 0.717) is 23.1 Å². The van der Waals surface area contributed by atoms with Gasteiger partial charge in [-0.2, -0.15) is 0 Å². The number of aromatic nitrogens is 1. The standard InChI is InChI=1S/C16H12N2O3/c19-10-11(9-17-12-5-1-3-7-14(12)20)16-18-13-6-2-4-8-15(13)21-16/h1-10,17,20H/b11-9+. The van der Waals surface area contributed by atoms with Crippen molar-refractivity contribution in [2.45, 2.75) is 0 Å². The molecule has 0 fully saturated rings. The molecule has 5 nitrogen and oxygen atoms in total. The second kappa shape index (κ2) is 5.50. The normalized spacial score (nSPS) is 11.5. The quantitative estimate of drug-likeness (QED) is 0.436. The largest absolute Gasteiger partial charge is 0.506 e. The molecule has 2 aromatic carbocycles. The van der Waals surface area contributed by atoms with E-state index in [1.807, 2.05) is 12.1 Å². The van der Waals surface area contributed by atoms with Crippen molar-refractivity contribution in [3.8, 4) is 5.75 Å². The zero-order chi connectivity index (χ0) is 14.7. The number of oxazole rings is 1. The Morgan fingerprint density at radius 2 is 1.90 bits per heavy atom. The van der Waals surface area contributed by atoms with Crippen LogP contribution in [0.25, 0.3) is 16.7 Å². The summed E-state index contributed by atoms with van der Waals surface area (Å²) in [4.78, 5) is 15.5. The molecule has 3 rings (SSSR count). The predicted molar refractivity (Wildman–Crippen MR) is 79.8 cm³/mol. The molecule has 0 aliphatic carbocycles. The van der Waals surface area contributed by atoms with Gasteiger partial charge in [-0.15, -0.1) is 0 Å². The molecular formula is C16H12N2O3. The van der Waals surface area contributed by atoms with Crippen LogP contribution in [0.4, 0.5) is 5.69 Å². The predicted octanol–water partition coefficient (Wildman–Crippen LogP) is 3.19. The molecule has 1 heterocycles. The van der Waals surface area contributed by atoms with Crippen molar-refractivity contribution >= 4 is 28.6 Å². The molecule has 0 spiro atoms. The number of allylic oxidation sites excluding steroid dienone is 1. The monoisotopic (exact) mass is 280 g/mol.